The van der Waals surface area contributed by atoms with Crippen LogP contribution in [0, 0.1) is 0 Å². The van der Waals surface area contributed by atoms with E-state index in [1.807, 2.05) is 60.6 Å². The van der Waals surface area contributed by atoms with Crippen molar-refractivity contribution in [2.24, 2.45) is 0 Å². The second kappa shape index (κ2) is 5.96. The van der Waals surface area contributed by atoms with Crippen molar-refractivity contribution >= 4 is 18.7 Å². The summed E-state index contributed by atoms with van der Waals surface area (Å²) in [5, 5.41) is 2.97. The van der Waals surface area contributed by atoms with Crippen molar-refractivity contribution in [3.8, 4) is 0 Å². The maximum atomic E-state index is 12.1. The maximum Gasteiger partial charge on any atom is 0.496 e. The van der Waals surface area contributed by atoms with Crippen LogP contribution in [0.1, 0.15) is 67.0 Å². The molecule has 2 fully saturated rings. The minimum absolute atomic E-state index is 0.383. The summed E-state index contributed by atoms with van der Waals surface area (Å²) in [6, 6.07) is 3.89. The lowest BCUT2D eigenvalue weighted by Crippen LogP contribution is -2.41. The molecular formula is C19H29BN2O4. The van der Waals surface area contributed by atoms with E-state index in [-0.39, 0.29) is 11.2 Å². The Labute approximate surface area is 156 Å². The number of rotatable bonds is 3. The number of pyridine rings is 1. The number of nitrogens with zero attached hydrogens (tertiary/aromatic N) is 1. The highest BCUT2D eigenvalue weighted by Gasteiger charge is 2.52. The normalized spacial score (nSPS) is 22.8. The van der Waals surface area contributed by atoms with Crippen LogP contribution in [0.5, 0.6) is 0 Å². The van der Waals surface area contributed by atoms with Crippen LogP contribution in [0.25, 0.3) is 0 Å². The van der Waals surface area contributed by atoms with Crippen LogP contribution in [-0.4, -0.2) is 35.0 Å². The molecule has 2 aliphatic rings. The predicted octanol–water partition coefficient (Wildman–Crippen LogP) is 2.89. The summed E-state index contributed by atoms with van der Waals surface area (Å²) in [4.78, 5) is 16.7. The minimum Gasteiger partial charge on any atom is -0.444 e. The first kappa shape index (κ1) is 19.2. The zero-order valence-electron chi connectivity index (χ0n) is 16.8. The van der Waals surface area contributed by atoms with Crippen LogP contribution in [0.2, 0.25) is 0 Å². The van der Waals surface area contributed by atoms with Crippen molar-refractivity contribution in [3.05, 3.63) is 24.0 Å². The van der Waals surface area contributed by atoms with Gasteiger partial charge in [0.1, 0.15) is 5.60 Å². The summed E-state index contributed by atoms with van der Waals surface area (Å²) in [6.07, 6.45) is 3.07. The molecule has 0 radical (unpaired) electrons. The van der Waals surface area contributed by atoms with E-state index in [0.29, 0.717) is 0 Å². The Morgan fingerprint density at radius 1 is 1.15 bits per heavy atom. The van der Waals surface area contributed by atoms with Gasteiger partial charge in [-0.25, -0.2) is 4.79 Å². The van der Waals surface area contributed by atoms with Gasteiger partial charge in [-0.1, -0.05) is 6.07 Å². The Kier molecular flexibility index (Phi) is 4.39. The summed E-state index contributed by atoms with van der Waals surface area (Å²) in [6.45, 7) is 13.7. The number of carbonyl (C=O) groups excluding carboxylic acids is 1. The van der Waals surface area contributed by atoms with Crippen molar-refractivity contribution in [2.75, 3.05) is 0 Å². The fraction of sp³-hybridized carbons (Fsp3) is 0.684. The largest absolute Gasteiger partial charge is 0.496 e. The van der Waals surface area contributed by atoms with Crippen LogP contribution in [-0.2, 0) is 19.6 Å². The summed E-state index contributed by atoms with van der Waals surface area (Å²) in [5.74, 6) is 0. The van der Waals surface area contributed by atoms with Gasteiger partial charge in [0, 0.05) is 11.7 Å². The molecule has 0 spiro atoms. The Morgan fingerprint density at radius 3 is 2.15 bits per heavy atom. The minimum atomic E-state index is -0.520. The quantitative estimate of drug-likeness (QED) is 0.840. The third-order valence-corrected chi connectivity index (χ3v) is 5.29. The number of ether oxygens (including phenoxy) is 1. The molecule has 1 saturated heterocycles. The van der Waals surface area contributed by atoms with Gasteiger partial charge in [0.25, 0.3) is 0 Å². The highest BCUT2D eigenvalue weighted by Crippen LogP contribution is 2.44. The molecule has 0 atom stereocenters. The molecule has 1 aliphatic heterocycles. The van der Waals surface area contributed by atoms with Crippen LogP contribution in [0.15, 0.2) is 18.3 Å². The number of nitrogens with one attached hydrogen (secondary N) is 1. The molecule has 26 heavy (non-hydrogen) atoms. The van der Waals surface area contributed by atoms with Gasteiger partial charge >= 0.3 is 13.2 Å². The molecule has 0 aromatic carbocycles. The van der Waals surface area contributed by atoms with Gasteiger partial charge in [0.15, 0.2) is 0 Å². The molecule has 0 unspecified atom stereocenters. The number of amides is 1. The van der Waals surface area contributed by atoms with E-state index in [0.717, 1.165) is 24.0 Å². The van der Waals surface area contributed by atoms with E-state index in [9.17, 15) is 4.79 Å². The fourth-order valence-electron chi connectivity index (χ4n) is 2.88. The molecule has 7 heteroatoms. The lowest BCUT2D eigenvalue weighted by molar-refractivity contribution is 0.00578. The molecule has 142 valence electrons. The summed E-state index contributed by atoms with van der Waals surface area (Å²) in [7, 11) is -0.435. The topological polar surface area (TPSA) is 69.7 Å². The van der Waals surface area contributed by atoms with Gasteiger partial charge in [-0.05, 0) is 67.4 Å². The van der Waals surface area contributed by atoms with Crippen LogP contribution in [0.3, 0.4) is 0 Å². The number of alkyl carbamates (subject to hydrolysis) is 1. The molecule has 2 heterocycles. The standard InChI is InChI=1S/C19H29BN2O4/c1-16(2,3)24-15(23)22-19(10-11-19)14-9-8-13(12-21-14)20-25-17(4,5)18(6,7)26-20/h8-9,12H,10-11H2,1-7H3,(H,22,23). The van der Waals surface area contributed by atoms with E-state index in [4.69, 9.17) is 14.0 Å². The monoisotopic (exact) mass is 360 g/mol. The maximum absolute atomic E-state index is 12.1. The molecule has 1 amide bonds. The van der Waals surface area contributed by atoms with E-state index in [1.54, 1.807) is 6.20 Å². The van der Waals surface area contributed by atoms with Gasteiger partial charge in [-0.2, -0.15) is 0 Å². The van der Waals surface area contributed by atoms with E-state index >= 15 is 0 Å². The van der Waals surface area contributed by atoms with Gasteiger partial charge in [-0.15, -0.1) is 0 Å². The van der Waals surface area contributed by atoms with E-state index in [1.165, 1.54) is 0 Å². The number of hydrogen-bond donors (Lipinski definition) is 1. The Morgan fingerprint density at radius 2 is 1.73 bits per heavy atom. The average molecular weight is 360 g/mol. The van der Waals surface area contributed by atoms with Crippen LogP contribution in [0.4, 0.5) is 4.79 Å². The van der Waals surface area contributed by atoms with Crippen LogP contribution < -0.4 is 10.8 Å². The Balaban J connectivity index is 1.70. The van der Waals surface area contributed by atoms with Gasteiger partial charge in [0.05, 0.1) is 22.4 Å². The number of carbonyl (C=O) groups is 1. The third kappa shape index (κ3) is 3.74. The molecule has 1 aromatic rings. The van der Waals surface area contributed by atoms with E-state index in [2.05, 4.69) is 10.3 Å². The SMILES string of the molecule is CC(C)(C)OC(=O)NC1(c2ccc(B3OC(C)(C)C(C)(C)O3)cn2)CC1. The van der Waals surface area contributed by atoms with Gasteiger partial charge in [0.2, 0.25) is 0 Å². The van der Waals surface area contributed by atoms with Crippen molar-refractivity contribution in [1.29, 1.82) is 0 Å². The van der Waals surface area contributed by atoms with Gasteiger partial charge in [-0.3, -0.25) is 4.98 Å². The molecule has 1 aromatic heterocycles. The predicted molar refractivity (Wildman–Crippen MR) is 100 cm³/mol. The molecule has 1 saturated carbocycles. The highest BCUT2D eigenvalue weighted by atomic mass is 16.7. The highest BCUT2D eigenvalue weighted by molar-refractivity contribution is 6.62. The molecular weight excluding hydrogens is 331 g/mol. The number of hydrogen-bond acceptors (Lipinski definition) is 5. The molecule has 1 aliphatic carbocycles. The van der Waals surface area contributed by atoms with Crippen molar-refractivity contribution < 1.29 is 18.8 Å². The Hall–Kier alpha value is -1.60. The smallest absolute Gasteiger partial charge is 0.444 e. The van der Waals surface area contributed by atoms with Crippen molar-refractivity contribution in [3.63, 3.8) is 0 Å². The average Bonchev–Trinajstić information content (AvgIpc) is 3.20. The van der Waals surface area contributed by atoms with Crippen LogP contribution >= 0.6 is 0 Å². The molecule has 1 N–H and O–H groups in total. The zero-order valence-corrected chi connectivity index (χ0v) is 16.8. The lowest BCUT2D eigenvalue weighted by Gasteiger charge is -2.32. The first-order chi connectivity index (χ1) is 11.8. The zero-order chi connectivity index (χ0) is 19.4. The third-order valence-electron chi connectivity index (χ3n) is 5.29. The Bertz CT molecular complexity index is 674. The molecule has 0 bridgehead atoms. The first-order valence-electron chi connectivity index (χ1n) is 9.17. The number of aromatic nitrogens is 1. The van der Waals surface area contributed by atoms with Crippen molar-refractivity contribution in [2.45, 2.75) is 83.6 Å². The van der Waals surface area contributed by atoms with Gasteiger partial charge < -0.3 is 19.4 Å². The second-order valence-corrected chi connectivity index (χ2v) is 9.27. The molecule has 6 nitrogen and oxygen atoms in total. The first-order valence-corrected chi connectivity index (χ1v) is 9.17. The lowest BCUT2D eigenvalue weighted by atomic mass is 9.80. The summed E-state index contributed by atoms with van der Waals surface area (Å²) >= 11 is 0. The van der Waals surface area contributed by atoms with E-state index < -0.39 is 24.4 Å². The summed E-state index contributed by atoms with van der Waals surface area (Å²) < 4.78 is 17.5. The summed E-state index contributed by atoms with van der Waals surface area (Å²) in [5.41, 5.74) is 0.00741. The fourth-order valence-corrected chi connectivity index (χ4v) is 2.88. The second-order valence-electron chi connectivity index (χ2n) is 9.27. The van der Waals surface area contributed by atoms with Crippen molar-refractivity contribution in [1.82, 2.24) is 10.3 Å². The molecule has 3 rings (SSSR count).